The van der Waals surface area contributed by atoms with Crippen LogP contribution in [0.15, 0.2) is 0 Å². The zero-order valence-electron chi connectivity index (χ0n) is 13.9. The monoisotopic (exact) mass is 256 g/mol. The first-order valence-electron chi connectivity index (χ1n) is 7.79. The molecule has 0 saturated heterocycles. The van der Waals surface area contributed by atoms with Crippen LogP contribution in [0.3, 0.4) is 0 Å². The Bertz CT molecular complexity index is 207. The van der Waals surface area contributed by atoms with Gasteiger partial charge in [0.15, 0.2) is 0 Å². The van der Waals surface area contributed by atoms with Crippen LogP contribution in [0.2, 0.25) is 0 Å². The van der Waals surface area contributed by atoms with E-state index in [1.54, 1.807) is 0 Å². The Morgan fingerprint density at radius 1 is 0.944 bits per heavy atom. The molecule has 0 radical (unpaired) electrons. The van der Waals surface area contributed by atoms with E-state index in [9.17, 15) is 0 Å². The second-order valence-corrected chi connectivity index (χ2v) is 6.41. The molecule has 2 nitrogen and oxygen atoms in total. The van der Waals surface area contributed by atoms with Crippen LogP contribution < -0.4 is 5.32 Å². The number of hydrogen-bond acceptors (Lipinski definition) is 2. The van der Waals surface area contributed by atoms with Gasteiger partial charge in [-0.15, -0.1) is 0 Å². The molecule has 0 heterocycles. The highest BCUT2D eigenvalue weighted by molar-refractivity contribution is 4.87. The number of nitrogens with zero attached hydrogens (tertiary/aromatic N) is 1. The molecular weight excluding hydrogens is 220 g/mol. The molecule has 0 aromatic carbocycles. The lowest BCUT2D eigenvalue weighted by Gasteiger charge is -2.43. The minimum absolute atomic E-state index is 0.306. The van der Waals surface area contributed by atoms with Crippen LogP contribution in [0.4, 0.5) is 0 Å². The van der Waals surface area contributed by atoms with Gasteiger partial charge in [0.05, 0.1) is 0 Å². The molecule has 0 rings (SSSR count). The lowest BCUT2D eigenvalue weighted by Crippen LogP contribution is -2.49. The van der Waals surface area contributed by atoms with Gasteiger partial charge in [0.2, 0.25) is 0 Å². The fourth-order valence-corrected chi connectivity index (χ4v) is 2.30. The summed E-state index contributed by atoms with van der Waals surface area (Å²) in [5.41, 5.74) is 0.733. The van der Waals surface area contributed by atoms with Gasteiger partial charge in [-0.2, -0.15) is 0 Å². The van der Waals surface area contributed by atoms with Crippen molar-refractivity contribution in [3.8, 4) is 0 Å². The van der Waals surface area contributed by atoms with Gasteiger partial charge in [-0.25, -0.2) is 0 Å². The van der Waals surface area contributed by atoms with Crippen molar-refractivity contribution in [3.63, 3.8) is 0 Å². The first kappa shape index (κ1) is 17.9. The molecule has 110 valence electrons. The second-order valence-electron chi connectivity index (χ2n) is 6.41. The van der Waals surface area contributed by atoms with Crippen molar-refractivity contribution >= 4 is 0 Å². The van der Waals surface area contributed by atoms with Crippen molar-refractivity contribution in [2.75, 3.05) is 26.7 Å². The highest BCUT2D eigenvalue weighted by Crippen LogP contribution is 2.30. The summed E-state index contributed by atoms with van der Waals surface area (Å²) in [7, 11) is 2.28. The second kappa shape index (κ2) is 8.16. The van der Waals surface area contributed by atoms with Crippen molar-refractivity contribution in [1.29, 1.82) is 0 Å². The minimum Gasteiger partial charge on any atom is -0.316 e. The average Bonchev–Trinajstić information content (AvgIpc) is 2.37. The Morgan fingerprint density at radius 2 is 1.50 bits per heavy atom. The van der Waals surface area contributed by atoms with Crippen LogP contribution in [0.25, 0.3) is 0 Å². The maximum absolute atomic E-state index is 3.63. The van der Waals surface area contributed by atoms with Gasteiger partial charge < -0.3 is 10.2 Å². The van der Waals surface area contributed by atoms with E-state index in [1.165, 1.54) is 32.2 Å². The molecule has 0 aliphatic rings. The number of rotatable bonds is 10. The molecule has 18 heavy (non-hydrogen) atoms. The molecule has 0 spiro atoms. The van der Waals surface area contributed by atoms with Crippen molar-refractivity contribution in [2.24, 2.45) is 5.41 Å². The Kier molecular flexibility index (Phi) is 8.13. The first-order valence-corrected chi connectivity index (χ1v) is 7.79. The summed E-state index contributed by atoms with van der Waals surface area (Å²) in [6.45, 7) is 17.4. The summed E-state index contributed by atoms with van der Waals surface area (Å²) in [5, 5.41) is 3.63. The molecule has 2 heteroatoms. The SMILES string of the molecule is CCCNCC(CC)(CC)CN(C)C(C)(C)CC. The van der Waals surface area contributed by atoms with E-state index in [0.29, 0.717) is 11.0 Å². The number of nitrogens with one attached hydrogen (secondary N) is 1. The largest absolute Gasteiger partial charge is 0.316 e. The van der Waals surface area contributed by atoms with Gasteiger partial charge in [-0.1, -0.05) is 27.7 Å². The highest BCUT2D eigenvalue weighted by atomic mass is 15.2. The molecule has 1 N–H and O–H groups in total. The van der Waals surface area contributed by atoms with Crippen LogP contribution >= 0.6 is 0 Å². The van der Waals surface area contributed by atoms with Crippen LogP contribution in [0, 0.1) is 5.41 Å². The third-order valence-electron chi connectivity index (χ3n) is 4.90. The van der Waals surface area contributed by atoms with E-state index in [2.05, 4.69) is 58.8 Å². The van der Waals surface area contributed by atoms with Crippen LogP contribution in [-0.4, -0.2) is 37.1 Å². The minimum atomic E-state index is 0.306. The van der Waals surface area contributed by atoms with Crippen molar-refractivity contribution in [2.45, 2.75) is 72.8 Å². The van der Waals surface area contributed by atoms with E-state index in [0.717, 1.165) is 13.1 Å². The van der Waals surface area contributed by atoms with Crippen molar-refractivity contribution in [3.05, 3.63) is 0 Å². The molecule has 0 aromatic heterocycles. The first-order chi connectivity index (χ1) is 8.37. The molecule has 0 bridgehead atoms. The molecule has 0 atom stereocenters. The van der Waals surface area contributed by atoms with Gasteiger partial charge in [0.1, 0.15) is 0 Å². The highest BCUT2D eigenvalue weighted by Gasteiger charge is 2.31. The number of hydrogen-bond donors (Lipinski definition) is 1. The molecule has 0 fully saturated rings. The molecule has 0 amide bonds. The van der Waals surface area contributed by atoms with Crippen molar-refractivity contribution < 1.29 is 0 Å². The predicted molar refractivity (Wildman–Crippen MR) is 83.2 cm³/mol. The zero-order valence-corrected chi connectivity index (χ0v) is 13.9. The quantitative estimate of drug-likeness (QED) is 0.596. The molecule has 0 aromatic rings. The van der Waals surface area contributed by atoms with Crippen LogP contribution in [0.5, 0.6) is 0 Å². The van der Waals surface area contributed by atoms with E-state index in [1.807, 2.05) is 0 Å². The van der Waals surface area contributed by atoms with Crippen LogP contribution in [-0.2, 0) is 0 Å². The zero-order chi connectivity index (χ0) is 14.2. The van der Waals surface area contributed by atoms with Crippen molar-refractivity contribution in [1.82, 2.24) is 10.2 Å². The summed E-state index contributed by atoms with van der Waals surface area (Å²) in [4.78, 5) is 2.55. The summed E-state index contributed by atoms with van der Waals surface area (Å²) in [5.74, 6) is 0. The Labute approximate surface area is 116 Å². The van der Waals surface area contributed by atoms with Gasteiger partial charge in [-0.05, 0) is 58.5 Å². The lowest BCUT2D eigenvalue weighted by molar-refractivity contribution is 0.0749. The summed E-state index contributed by atoms with van der Waals surface area (Å²) in [6, 6.07) is 0. The van der Waals surface area contributed by atoms with E-state index < -0.39 is 0 Å². The molecule has 0 saturated carbocycles. The summed E-state index contributed by atoms with van der Waals surface area (Å²) < 4.78 is 0. The Balaban J connectivity index is 4.59. The topological polar surface area (TPSA) is 15.3 Å². The van der Waals surface area contributed by atoms with E-state index in [-0.39, 0.29) is 0 Å². The maximum Gasteiger partial charge on any atom is 0.0147 e. The molecule has 0 unspecified atom stereocenters. The fraction of sp³-hybridized carbons (Fsp3) is 1.00. The smallest absolute Gasteiger partial charge is 0.0147 e. The van der Waals surface area contributed by atoms with E-state index >= 15 is 0 Å². The fourth-order valence-electron chi connectivity index (χ4n) is 2.30. The van der Waals surface area contributed by atoms with E-state index in [4.69, 9.17) is 0 Å². The van der Waals surface area contributed by atoms with Gasteiger partial charge in [-0.3, -0.25) is 0 Å². The standard InChI is InChI=1S/C16H36N2/c1-8-12-17-13-16(10-3,11-4)14-18(7)15(5,6)9-2/h17H,8-14H2,1-7H3. The van der Waals surface area contributed by atoms with Crippen LogP contribution in [0.1, 0.15) is 67.2 Å². The molecular formula is C16H36N2. The molecule has 0 aliphatic carbocycles. The Morgan fingerprint density at radius 3 is 1.89 bits per heavy atom. The summed E-state index contributed by atoms with van der Waals surface area (Å²) in [6.07, 6.45) is 4.93. The van der Waals surface area contributed by atoms with Gasteiger partial charge >= 0.3 is 0 Å². The summed E-state index contributed by atoms with van der Waals surface area (Å²) >= 11 is 0. The van der Waals surface area contributed by atoms with Gasteiger partial charge in [0.25, 0.3) is 0 Å². The third-order valence-corrected chi connectivity index (χ3v) is 4.90. The average molecular weight is 256 g/mol. The Hall–Kier alpha value is -0.0800. The molecule has 0 aliphatic heterocycles. The predicted octanol–water partition coefficient (Wildman–Crippen LogP) is 3.91. The third kappa shape index (κ3) is 5.27. The normalized spacial score (nSPS) is 13.3. The lowest BCUT2D eigenvalue weighted by atomic mass is 9.80. The van der Waals surface area contributed by atoms with Gasteiger partial charge in [0, 0.05) is 18.6 Å². The maximum atomic E-state index is 3.63.